The first-order chi connectivity index (χ1) is 15.8. The van der Waals surface area contributed by atoms with Crippen LogP contribution in [0.5, 0.6) is 0 Å². The summed E-state index contributed by atoms with van der Waals surface area (Å²) in [5.74, 6) is 0. The van der Waals surface area contributed by atoms with Crippen molar-refractivity contribution < 1.29 is 9.31 Å². The van der Waals surface area contributed by atoms with E-state index in [1.807, 2.05) is 11.3 Å². The van der Waals surface area contributed by atoms with Gasteiger partial charge in [0.25, 0.3) is 0 Å². The maximum Gasteiger partial charge on any atom is 0.494 e. The summed E-state index contributed by atoms with van der Waals surface area (Å²) in [6.45, 7) is 8.35. The lowest BCUT2D eigenvalue weighted by Crippen LogP contribution is -2.41. The summed E-state index contributed by atoms with van der Waals surface area (Å²) in [6, 6.07) is 16.9. The van der Waals surface area contributed by atoms with Crippen molar-refractivity contribution in [3.63, 3.8) is 0 Å². The van der Waals surface area contributed by atoms with Crippen molar-refractivity contribution in [3.05, 3.63) is 71.1 Å². The first-order valence-corrected chi connectivity index (χ1v) is 12.3. The van der Waals surface area contributed by atoms with Gasteiger partial charge < -0.3 is 9.31 Å². The van der Waals surface area contributed by atoms with E-state index >= 15 is 0 Å². The fraction of sp³-hybridized carbons (Fsp3) is 0.250. The van der Waals surface area contributed by atoms with Crippen molar-refractivity contribution in [1.29, 1.82) is 0 Å². The number of fused-ring (bicyclic) bond motifs is 5. The standard InChI is InChI=1S/C28H26BNO2S/c1-27(2)28(3,4)32-29(31-27)19-12-10-11-18(17-19)25-26-24(20-13-8-9-15-22(20)30-25)21-14-6-5-7-16-23(21)33-26/h6-17H,5H2,1-4H3. The molecule has 0 saturated carbocycles. The van der Waals surface area contributed by atoms with Crippen LogP contribution in [0.4, 0.5) is 0 Å². The highest BCUT2D eigenvalue weighted by Crippen LogP contribution is 2.43. The zero-order valence-corrected chi connectivity index (χ0v) is 20.2. The van der Waals surface area contributed by atoms with E-state index in [-0.39, 0.29) is 11.2 Å². The molecule has 0 atom stereocenters. The number of hydrogen-bond acceptors (Lipinski definition) is 4. The first-order valence-electron chi connectivity index (χ1n) is 11.5. The Morgan fingerprint density at radius 3 is 2.48 bits per heavy atom. The molecule has 1 fully saturated rings. The molecule has 0 N–H and O–H groups in total. The molecule has 2 aromatic heterocycles. The summed E-state index contributed by atoms with van der Waals surface area (Å²) in [5.41, 5.74) is 4.70. The van der Waals surface area contributed by atoms with Gasteiger partial charge in [-0.15, -0.1) is 11.3 Å². The van der Waals surface area contributed by atoms with E-state index in [1.165, 1.54) is 25.9 Å². The topological polar surface area (TPSA) is 31.4 Å². The van der Waals surface area contributed by atoms with Gasteiger partial charge in [-0.05, 0) is 51.7 Å². The lowest BCUT2D eigenvalue weighted by atomic mass is 9.78. The van der Waals surface area contributed by atoms with Gasteiger partial charge in [-0.3, -0.25) is 0 Å². The second-order valence-electron chi connectivity index (χ2n) is 9.82. The van der Waals surface area contributed by atoms with Crippen LogP contribution in [0.2, 0.25) is 0 Å². The van der Waals surface area contributed by atoms with Crippen LogP contribution in [0.3, 0.4) is 0 Å². The van der Waals surface area contributed by atoms with Gasteiger partial charge in [-0.2, -0.15) is 0 Å². The number of allylic oxidation sites excluding steroid dienone is 2. The second-order valence-corrected chi connectivity index (χ2v) is 10.9. The van der Waals surface area contributed by atoms with E-state index in [9.17, 15) is 0 Å². The van der Waals surface area contributed by atoms with Crippen LogP contribution in [0.1, 0.15) is 44.6 Å². The van der Waals surface area contributed by atoms with Crippen molar-refractivity contribution in [2.75, 3.05) is 0 Å². The minimum atomic E-state index is -0.392. The molecule has 5 heteroatoms. The maximum absolute atomic E-state index is 6.32. The highest BCUT2D eigenvalue weighted by molar-refractivity contribution is 7.21. The molecule has 3 heterocycles. The zero-order chi connectivity index (χ0) is 22.8. The SMILES string of the molecule is CC1(C)OB(c2cccc(-c3nc4ccccc4c4c5c(sc34)C=CCC=C5)c2)OC1(C)C. The van der Waals surface area contributed by atoms with Crippen LogP contribution >= 0.6 is 11.3 Å². The molecule has 33 heavy (non-hydrogen) atoms. The summed E-state index contributed by atoms with van der Waals surface area (Å²) in [4.78, 5) is 6.44. The minimum Gasteiger partial charge on any atom is -0.399 e. The molecule has 0 unspecified atom stereocenters. The van der Waals surface area contributed by atoms with Gasteiger partial charge >= 0.3 is 7.12 Å². The predicted octanol–water partition coefficient (Wildman–Crippen LogP) is 6.85. The molecule has 4 aromatic rings. The van der Waals surface area contributed by atoms with E-state index in [1.54, 1.807) is 0 Å². The zero-order valence-electron chi connectivity index (χ0n) is 19.4. The Hall–Kier alpha value is -2.73. The summed E-state index contributed by atoms with van der Waals surface area (Å²) < 4.78 is 13.9. The van der Waals surface area contributed by atoms with Gasteiger partial charge in [0.2, 0.25) is 0 Å². The smallest absolute Gasteiger partial charge is 0.399 e. The van der Waals surface area contributed by atoms with Crippen molar-refractivity contribution >= 4 is 57.1 Å². The number of hydrogen-bond donors (Lipinski definition) is 0. The largest absolute Gasteiger partial charge is 0.494 e. The van der Waals surface area contributed by atoms with E-state index < -0.39 is 7.12 Å². The van der Waals surface area contributed by atoms with Gasteiger partial charge in [0, 0.05) is 26.8 Å². The Bertz CT molecular complexity index is 1450. The van der Waals surface area contributed by atoms with Crippen molar-refractivity contribution in [1.82, 2.24) is 4.98 Å². The number of aromatic nitrogens is 1. The number of benzene rings is 2. The molecule has 0 radical (unpaired) electrons. The molecule has 0 amide bonds. The van der Waals surface area contributed by atoms with E-state index in [0.717, 1.165) is 28.7 Å². The number of pyridine rings is 1. The predicted molar refractivity (Wildman–Crippen MR) is 141 cm³/mol. The number of nitrogens with zero attached hydrogens (tertiary/aromatic N) is 1. The molecule has 6 rings (SSSR count). The van der Waals surface area contributed by atoms with Crippen LogP contribution in [-0.4, -0.2) is 23.3 Å². The van der Waals surface area contributed by atoms with Gasteiger partial charge in [0.05, 0.1) is 27.1 Å². The highest BCUT2D eigenvalue weighted by atomic mass is 32.1. The maximum atomic E-state index is 6.32. The van der Waals surface area contributed by atoms with Gasteiger partial charge in [0.15, 0.2) is 0 Å². The molecule has 0 spiro atoms. The van der Waals surface area contributed by atoms with E-state index in [4.69, 9.17) is 14.3 Å². The molecule has 0 bridgehead atoms. The van der Waals surface area contributed by atoms with Crippen LogP contribution in [0, 0.1) is 0 Å². The van der Waals surface area contributed by atoms with Crippen LogP contribution in [0.15, 0.2) is 60.7 Å². The van der Waals surface area contributed by atoms with Crippen LogP contribution in [0.25, 0.3) is 44.4 Å². The first kappa shape index (κ1) is 20.9. The molecular formula is C28H26BNO2S. The molecular weight excluding hydrogens is 425 g/mol. The summed E-state index contributed by atoms with van der Waals surface area (Å²) in [6.07, 6.45) is 9.95. The average molecular weight is 451 g/mol. The Kier molecular flexibility index (Phi) is 4.67. The van der Waals surface area contributed by atoms with Crippen LogP contribution in [-0.2, 0) is 9.31 Å². The minimum absolute atomic E-state index is 0.369. The second kappa shape index (κ2) is 7.39. The van der Waals surface area contributed by atoms with Crippen molar-refractivity contribution in [2.45, 2.75) is 45.3 Å². The monoisotopic (exact) mass is 451 g/mol. The Morgan fingerprint density at radius 2 is 1.67 bits per heavy atom. The number of para-hydroxylation sites is 1. The third-order valence-corrected chi connectivity index (χ3v) is 8.28. The Morgan fingerprint density at radius 1 is 0.909 bits per heavy atom. The third-order valence-electron chi connectivity index (χ3n) is 7.11. The highest BCUT2D eigenvalue weighted by Gasteiger charge is 2.51. The summed E-state index contributed by atoms with van der Waals surface area (Å²) in [7, 11) is -0.392. The van der Waals surface area contributed by atoms with Gasteiger partial charge in [0.1, 0.15) is 0 Å². The van der Waals surface area contributed by atoms with E-state index in [0.29, 0.717) is 0 Å². The summed E-state index contributed by atoms with van der Waals surface area (Å²) >= 11 is 1.82. The Labute approximate surface area is 198 Å². The molecule has 1 saturated heterocycles. The Balaban J connectivity index is 1.56. The van der Waals surface area contributed by atoms with Crippen molar-refractivity contribution in [2.24, 2.45) is 0 Å². The fourth-order valence-corrected chi connectivity index (χ4v) is 5.83. The normalized spacial score (nSPS) is 18.7. The lowest BCUT2D eigenvalue weighted by molar-refractivity contribution is 0.00578. The summed E-state index contributed by atoms with van der Waals surface area (Å²) in [5, 5.41) is 2.50. The molecule has 1 aliphatic heterocycles. The molecule has 2 aromatic carbocycles. The van der Waals surface area contributed by atoms with Gasteiger partial charge in [-0.1, -0.05) is 60.7 Å². The number of rotatable bonds is 2. The van der Waals surface area contributed by atoms with Crippen molar-refractivity contribution in [3.8, 4) is 11.3 Å². The van der Waals surface area contributed by atoms with E-state index in [2.05, 4.69) is 101 Å². The van der Waals surface area contributed by atoms with Gasteiger partial charge in [-0.25, -0.2) is 4.98 Å². The lowest BCUT2D eigenvalue weighted by Gasteiger charge is -2.32. The third kappa shape index (κ3) is 3.30. The van der Waals surface area contributed by atoms with Crippen LogP contribution < -0.4 is 5.46 Å². The molecule has 1 aliphatic carbocycles. The average Bonchev–Trinajstić information content (AvgIpc) is 3.14. The fourth-order valence-electron chi connectivity index (χ4n) is 4.59. The molecule has 3 nitrogen and oxygen atoms in total. The molecule has 164 valence electrons. The quantitative estimate of drug-likeness (QED) is 0.313. The number of thiophene rings is 1. The molecule has 2 aliphatic rings.